The zero-order chi connectivity index (χ0) is 9.78. The van der Waals surface area contributed by atoms with Gasteiger partial charge in [-0.1, -0.05) is 0 Å². The molecule has 0 bridgehead atoms. The van der Waals surface area contributed by atoms with Crippen molar-refractivity contribution in [3.8, 4) is 0 Å². The van der Waals surface area contributed by atoms with E-state index in [2.05, 4.69) is 0 Å². The Kier molecular flexibility index (Phi) is 4.36. The van der Waals surface area contributed by atoms with E-state index in [1.54, 1.807) is 0 Å². The number of nitrogens with two attached hydrogens (primary N) is 1. The molecule has 2 atom stereocenters. The number of hydrogen-bond donors (Lipinski definition) is 3. The standard InChI is InChI=1S/C6H13NO4S/c1-6(2-3-7,5(8)9)4-12(10)11/h2-4,7H2,1H3,(H,8,9)(H,10,11)/t6-/m0/s1. The first-order chi connectivity index (χ1) is 5.42. The maximum absolute atomic E-state index is 10.6. The van der Waals surface area contributed by atoms with Gasteiger partial charge in [-0.15, -0.1) is 0 Å². The summed E-state index contributed by atoms with van der Waals surface area (Å²) in [6.07, 6.45) is 0.203. The second-order valence-corrected chi connectivity index (χ2v) is 3.80. The van der Waals surface area contributed by atoms with Crippen LogP contribution in [-0.2, 0) is 15.9 Å². The third-order valence-corrected chi connectivity index (χ3v) is 2.54. The normalized spacial score (nSPS) is 18.2. The van der Waals surface area contributed by atoms with Crippen molar-refractivity contribution in [1.29, 1.82) is 0 Å². The lowest BCUT2D eigenvalue weighted by Crippen LogP contribution is -2.35. The number of aliphatic carboxylic acids is 1. The summed E-state index contributed by atoms with van der Waals surface area (Å²) in [4.78, 5) is 10.6. The van der Waals surface area contributed by atoms with Gasteiger partial charge in [0.1, 0.15) is 0 Å². The second-order valence-electron chi connectivity index (χ2n) is 2.87. The van der Waals surface area contributed by atoms with Gasteiger partial charge in [0.05, 0.1) is 11.2 Å². The van der Waals surface area contributed by atoms with Gasteiger partial charge in [-0.2, -0.15) is 0 Å². The maximum Gasteiger partial charge on any atom is 0.310 e. The van der Waals surface area contributed by atoms with Crippen LogP contribution in [0.4, 0.5) is 0 Å². The van der Waals surface area contributed by atoms with Crippen molar-refractivity contribution in [2.24, 2.45) is 11.1 Å². The molecule has 0 aliphatic carbocycles. The fourth-order valence-electron chi connectivity index (χ4n) is 0.832. The molecular formula is C6H13NO4S. The maximum atomic E-state index is 10.6. The zero-order valence-corrected chi connectivity index (χ0v) is 7.63. The predicted molar refractivity (Wildman–Crippen MR) is 45.1 cm³/mol. The Bertz CT molecular complexity index is 196. The summed E-state index contributed by atoms with van der Waals surface area (Å²) >= 11 is -2.09. The number of hydrogen-bond acceptors (Lipinski definition) is 3. The van der Waals surface area contributed by atoms with Crippen LogP contribution in [0.3, 0.4) is 0 Å². The molecule has 0 fully saturated rings. The Morgan fingerprint density at radius 1 is 1.67 bits per heavy atom. The van der Waals surface area contributed by atoms with E-state index in [1.165, 1.54) is 6.92 Å². The summed E-state index contributed by atoms with van der Waals surface area (Å²) in [6.45, 7) is 1.61. The summed E-state index contributed by atoms with van der Waals surface area (Å²) in [5.74, 6) is -1.37. The molecule has 0 aliphatic heterocycles. The average molecular weight is 195 g/mol. The molecule has 0 rings (SSSR count). The van der Waals surface area contributed by atoms with Crippen molar-refractivity contribution >= 4 is 17.0 Å². The lowest BCUT2D eigenvalue weighted by Gasteiger charge is -2.21. The summed E-state index contributed by atoms with van der Waals surface area (Å²) < 4.78 is 18.9. The van der Waals surface area contributed by atoms with Gasteiger partial charge < -0.3 is 15.4 Å². The molecule has 0 saturated heterocycles. The van der Waals surface area contributed by atoms with Crippen molar-refractivity contribution in [3.63, 3.8) is 0 Å². The molecule has 0 heterocycles. The SMILES string of the molecule is C[C@](CCN)(CS(=O)O)C(=O)O. The number of rotatable bonds is 5. The van der Waals surface area contributed by atoms with E-state index in [0.29, 0.717) is 0 Å². The molecule has 0 aliphatic rings. The molecule has 0 radical (unpaired) electrons. The molecule has 0 aromatic rings. The summed E-state index contributed by atoms with van der Waals surface area (Å²) in [5, 5.41) is 8.71. The Balaban J connectivity index is 4.38. The van der Waals surface area contributed by atoms with Gasteiger partial charge in [0.25, 0.3) is 0 Å². The molecule has 1 unspecified atom stereocenters. The highest BCUT2D eigenvalue weighted by atomic mass is 32.2. The van der Waals surface area contributed by atoms with E-state index in [1.807, 2.05) is 0 Å². The molecule has 0 aromatic carbocycles. The van der Waals surface area contributed by atoms with Crippen LogP contribution in [0, 0.1) is 5.41 Å². The van der Waals surface area contributed by atoms with Gasteiger partial charge in [0.15, 0.2) is 11.1 Å². The van der Waals surface area contributed by atoms with Crippen LogP contribution in [0.2, 0.25) is 0 Å². The fourth-order valence-corrected chi connectivity index (χ4v) is 1.64. The largest absolute Gasteiger partial charge is 0.481 e. The first kappa shape index (κ1) is 11.5. The van der Waals surface area contributed by atoms with Crippen molar-refractivity contribution in [2.75, 3.05) is 12.3 Å². The van der Waals surface area contributed by atoms with Gasteiger partial charge in [0, 0.05) is 0 Å². The average Bonchev–Trinajstić information content (AvgIpc) is 1.85. The van der Waals surface area contributed by atoms with E-state index < -0.39 is 22.5 Å². The predicted octanol–water partition coefficient (Wildman–Crippen LogP) is -0.352. The minimum Gasteiger partial charge on any atom is -0.481 e. The molecule has 0 amide bonds. The fraction of sp³-hybridized carbons (Fsp3) is 0.833. The Hall–Kier alpha value is -0.460. The Labute approximate surface area is 73.2 Å². The van der Waals surface area contributed by atoms with E-state index in [-0.39, 0.29) is 18.7 Å². The highest BCUT2D eigenvalue weighted by Crippen LogP contribution is 2.21. The molecule has 0 saturated carbocycles. The van der Waals surface area contributed by atoms with E-state index in [4.69, 9.17) is 15.4 Å². The van der Waals surface area contributed by atoms with E-state index in [9.17, 15) is 9.00 Å². The van der Waals surface area contributed by atoms with Crippen molar-refractivity contribution in [1.82, 2.24) is 0 Å². The van der Waals surface area contributed by atoms with Crippen LogP contribution in [-0.4, -0.2) is 32.1 Å². The van der Waals surface area contributed by atoms with Gasteiger partial charge in [-0.25, -0.2) is 4.21 Å². The van der Waals surface area contributed by atoms with Crippen LogP contribution in [0.1, 0.15) is 13.3 Å². The molecule has 5 nitrogen and oxygen atoms in total. The van der Waals surface area contributed by atoms with Crippen LogP contribution in [0.15, 0.2) is 0 Å². The van der Waals surface area contributed by atoms with Gasteiger partial charge in [0.2, 0.25) is 0 Å². The van der Waals surface area contributed by atoms with Crippen molar-refractivity contribution in [2.45, 2.75) is 13.3 Å². The number of carboxylic acid groups (broad SMARTS) is 1. The topological polar surface area (TPSA) is 101 Å². The Morgan fingerprint density at radius 3 is 2.42 bits per heavy atom. The van der Waals surface area contributed by atoms with Crippen molar-refractivity contribution < 1.29 is 18.7 Å². The second kappa shape index (κ2) is 4.54. The van der Waals surface area contributed by atoms with Crippen LogP contribution < -0.4 is 5.73 Å². The minimum atomic E-state index is -2.09. The third-order valence-electron chi connectivity index (χ3n) is 1.65. The summed E-state index contributed by atoms with van der Waals surface area (Å²) in [5.41, 5.74) is 4.00. The van der Waals surface area contributed by atoms with Gasteiger partial charge in [-0.05, 0) is 19.9 Å². The first-order valence-corrected chi connectivity index (χ1v) is 4.71. The molecule has 0 spiro atoms. The molecule has 12 heavy (non-hydrogen) atoms. The smallest absolute Gasteiger partial charge is 0.310 e. The first-order valence-electron chi connectivity index (χ1n) is 3.43. The Morgan fingerprint density at radius 2 is 2.17 bits per heavy atom. The van der Waals surface area contributed by atoms with Crippen molar-refractivity contribution in [3.05, 3.63) is 0 Å². The minimum absolute atomic E-state index is 0.194. The lowest BCUT2D eigenvalue weighted by molar-refractivity contribution is -0.146. The third kappa shape index (κ3) is 3.29. The van der Waals surface area contributed by atoms with Crippen LogP contribution in [0.5, 0.6) is 0 Å². The molecule has 6 heteroatoms. The quantitative estimate of drug-likeness (QED) is 0.520. The van der Waals surface area contributed by atoms with Gasteiger partial charge >= 0.3 is 5.97 Å². The highest BCUT2D eigenvalue weighted by molar-refractivity contribution is 7.79. The summed E-state index contributed by atoms with van der Waals surface area (Å²) in [7, 11) is 0. The molecule has 0 aromatic heterocycles. The van der Waals surface area contributed by atoms with Gasteiger partial charge in [-0.3, -0.25) is 4.79 Å². The number of carbonyl (C=O) groups is 1. The lowest BCUT2D eigenvalue weighted by atomic mass is 9.89. The number of carboxylic acids is 1. The van der Waals surface area contributed by atoms with E-state index in [0.717, 1.165) is 0 Å². The van der Waals surface area contributed by atoms with Crippen LogP contribution >= 0.6 is 0 Å². The monoisotopic (exact) mass is 195 g/mol. The van der Waals surface area contributed by atoms with E-state index >= 15 is 0 Å². The zero-order valence-electron chi connectivity index (χ0n) is 6.82. The molecule has 4 N–H and O–H groups in total. The molecular weight excluding hydrogens is 182 g/mol. The highest BCUT2D eigenvalue weighted by Gasteiger charge is 2.34. The summed E-state index contributed by atoms with van der Waals surface area (Å²) in [6, 6.07) is 0. The molecule has 72 valence electrons. The van der Waals surface area contributed by atoms with Crippen LogP contribution in [0.25, 0.3) is 0 Å².